The van der Waals surface area contributed by atoms with Crippen molar-refractivity contribution in [2.75, 3.05) is 26.1 Å². The molecule has 3 heterocycles. The third-order valence-corrected chi connectivity index (χ3v) is 7.35. The van der Waals surface area contributed by atoms with Gasteiger partial charge in [-0.3, -0.25) is 4.79 Å². The van der Waals surface area contributed by atoms with Crippen LogP contribution in [0.5, 0.6) is 5.75 Å². The Labute approximate surface area is 202 Å². The highest BCUT2D eigenvalue weighted by Gasteiger charge is 2.58. The Morgan fingerprint density at radius 2 is 1.77 bits per heavy atom. The third kappa shape index (κ3) is 2.97. The second kappa shape index (κ2) is 7.91. The van der Waals surface area contributed by atoms with Gasteiger partial charge in [0.25, 0.3) is 5.91 Å². The van der Waals surface area contributed by atoms with E-state index in [9.17, 15) is 9.59 Å². The van der Waals surface area contributed by atoms with Gasteiger partial charge in [-0.2, -0.15) is 0 Å². The second-order valence-electron chi connectivity index (χ2n) is 8.96. The summed E-state index contributed by atoms with van der Waals surface area (Å²) in [6, 6.07) is 23.1. The lowest BCUT2D eigenvalue weighted by molar-refractivity contribution is 0.0592. The number of anilines is 1. The average Bonchev–Trinajstić information content (AvgIpc) is 3.56. The fourth-order valence-corrected chi connectivity index (χ4v) is 5.84. The van der Waals surface area contributed by atoms with Crippen molar-refractivity contribution in [2.24, 2.45) is 0 Å². The number of H-pyrrole nitrogens is 1. The van der Waals surface area contributed by atoms with Gasteiger partial charge in [0.15, 0.2) is 0 Å². The van der Waals surface area contributed by atoms with Crippen LogP contribution in [0, 0.1) is 0 Å². The van der Waals surface area contributed by atoms with Gasteiger partial charge in [-0.15, -0.1) is 0 Å². The van der Waals surface area contributed by atoms with Crippen LogP contribution in [0.15, 0.2) is 72.8 Å². The maximum atomic E-state index is 13.7. The Morgan fingerprint density at radius 3 is 2.54 bits per heavy atom. The molecule has 2 aliphatic rings. The maximum absolute atomic E-state index is 13.7. The van der Waals surface area contributed by atoms with Gasteiger partial charge < -0.3 is 24.7 Å². The number of ether oxygens (including phenoxy) is 2. The van der Waals surface area contributed by atoms with E-state index in [0.717, 1.165) is 27.7 Å². The number of hydrogen-bond donors (Lipinski definition) is 2. The van der Waals surface area contributed by atoms with Crippen LogP contribution in [-0.2, 0) is 10.2 Å². The lowest BCUT2D eigenvalue weighted by atomic mass is 9.72. The van der Waals surface area contributed by atoms with Crippen molar-refractivity contribution >= 4 is 28.5 Å². The van der Waals surface area contributed by atoms with E-state index in [1.807, 2.05) is 71.6 Å². The number of carbonyl (C=O) groups is 2. The SMILES string of the molecule is COC(=O)c1[nH]c2ccc(OC)cc2c1C12CCN(C(=O)c3ccccc3)C1Nc1ccccc12. The van der Waals surface area contributed by atoms with E-state index in [2.05, 4.69) is 16.4 Å². The molecule has 0 aliphatic carbocycles. The number of likely N-dealkylation sites (tertiary alicyclic amines) is 1. The summed E-state index contributed by atoms with van der Waals surface area (Å²) in [7, 11) is 3.01. The number of nitrogens with one attached hydrogen (secondary N) is 2. The first-order chi connectivity index (χ1) is 17.1. The molecule has 0 spiro atoms. The molecule has 35 heavy (non-hydrogen) atoms. The maximum Gasteiger partial charge on any atom is 0.354 e. The van der Waals surface area contributed by atoms with Gasteiger partial charge >= 0.3 is 5.97 Å². The largest absolute Gasteiger partial charge is 0.497 e. The third-order valence-electron chi connectivity index (χ3n) is 7.35. The van der Waals surface area contributed by atoms with Crippen molar-refractivity contribution in [2.45, 2.75) is 18.0 Å². The fourth-order valence-electron chi connectivity index (χ4n) is 5.84. The Bertz CT molecular complexity index is 1460. The summed E-state index contributed by atoms with van der Waals surface area (Å²) in [5.74, 6) is 0.201. The first-order valence-electron chi connectivity index (χ1n) is 11.6. The highest BCUT2D eigenvalue weighted by molar-refractivity contribution is 6.02. The Balaban J connectivity index is 1.61. The van der Waals surface area contributed by atoms with Crippen LogP contribution in [-0.4, -0.2) is 48.7 Å². The smallest absolute Gasteiger partial charge is 0.354 e. The molecule has 0 saturated carbocycles. The van der Waals surface area contributed by atoms with Crippen LogP contribution >= 0.6 is 0 Å². The molecule has 2 N–H and O–H groups in total. The number of aromatic nitrogens is 1. The van der Waals surface area contributed by atoms with Gasteiger partial charge in [0, 0.05) is 34.3 Å². The molecule has 1 saturated heterocycles. The van der Waals surface area contributed by atoms with Crippen LogP contribution in [0.4, 0.5) is 5.69 Å². The normalized spacial score (nSPS) is 20.3. The lowest BCUT2D eigenvalue weighted by Crippen LogP contribution is -2.47. The molecule has 7 heteroatoms. The number of esters is 1. The summed E-state index contributed by atoms with van der Waals surface area (Å²) in [6.07, 6.45) is 0.273. The molecule has 4 aromatic rings. The van der Waals surface area contributed by atoms with Gasteiger partial charge in [-0.1, -0.05) is 36.4 Å². The summed E-state index contributed by atoms with van der Waals surface area (Å²) in [5.41, 5.74) is 4.02. The quantitative estimate of drug-likeness (QED) is 0.431. The minimum atomic E-state index is -0.658. The molecule has 0 radical (unpaired) electrons. The predicted octanol–water partition coefficient (Wildman–Crippen LogP) is 4.55. The van der Waals surface area contributed by atoms with E-state index in [1.54, 1.807) is 7.11 Å². The first-order valence-corrected chi connectivity index (χ1v) is 11.6. The van der Waals surface area contributed by atoms with E-state index in [0.29, 0.717) is 30.0 Å². The van der Waals surface area contributed by atoms with Crippen LogP contribution in [0.2, 0.25) is 0 Å². The van der Waals surface area contributed by atoms with Gasteiger partial charge in [0.05, 0.1) is 19.6 Å². The number of aromatic amines is 1. The molecule has 0 bridgehead atoms. The minimum Gasteiger partial charge on any atom is -0.497 e. The summed E-state index contributed by atoms with van der Waals surface area (Å²) in [5, 5.41) is 4.49. The molecule has 176 valence electrons. The van der Waals surface area contributed by atoms with Gasteiger partial charge in [-0.25, -0.2) is 4.79 Å². The summed E-state index contributed by atoms with van der Waals surface area (Å²) < 4.78 is 10.7. The highest BCUT2D eigenvalue weighted by atomic mass is 16.5. The monoisotopic (exact) mass is 467 g/mol. The molecule has 7 nitrogen and oxygen atoms in total. The molecule has 2 unspecified atom stereocenters. The van der Waals surface area contributed by atoms with E-state index in [1.165, 1.54) is 7.11 Å². The second-order valence-corrected chi connectivity index (χ2v) is 8.96. The predicted molar refractivity (Wildman–Crippen MR) is 133 cm³/mol. The Morgan fingerprint density at radius 1 is 1.00 bits per heavy atom. The van der Waals surface area contributed by atoms with E-state index < -0.39 is 11.4 Å². The average molecular weight is 468 g/mol. The van der Waals surface area contributed by atoms with Crippen LogP contribution in [0.25, 0.3) is 10.9 Å². The molecule has 1 fully saturated rings. The van der Waals surface area contributed by atoms with Gasteiger partial charge in [0.1, 0.15) is 17.6 Å². The fraction of sp³-hybridized carbons (Fsp3) is 0.214. The van der Waals surface area contributed by atoms with E-state index in [-0.39, 0.29) is 12.1 Å². The summed E-state index contributed by atoms with van der Waals surface area (Å²) >= 11 is 0. The molecule has 2 atom stereocenters. The number of hydrogen-bond acceptors (Lipinski definition) is 5. The molecule has 3 aromatic carbocycles. The molecule has 6 rings (SSSR count). The minimum absolute atomic E-state index is 0.0465. The number of fused-ring (bicyclic) bond motifs is 4. The van der Waals surface area contributed by atoms with Crippen LogP contribution in [0.3, 0.4) is 0 Å². The standard InChI is InChI=1S/C28H25N3O4/c1-34-18-12-13-21-19(16-18)23(24(29-21)26(33)35-2)28-14-15-31(25(32)17-8-4-3-5-9-17)27(28)30-22-11-7-6-10-20(22)28/h3-13,16,27,29-30H,14-15H2,1-2H3. The number of methoxy groups -OCH3 is 2. The Hall–Kier alpha value is -4.26. The first kappa shape index (κ1) is 21.3. The van der Waals surface area contributed by atoms with Gasteiger partial charge in [-0.05, 0) is 48.4 Å². The number of benzene rings is 3. The molecule has 1 amide bonds. The zero-order chi connectivity index (χ0) is 24.2. The number of amides is 1. The molecular formula is C28H25N3O4. The van der Waals surface area contributed by atoms with Crippen molar-refractivity contribution in [1.82, 2.24) is 9.88 Å². The van der Waals surface area contributed by atoms with Gasteiger partial charge in [0.2, 0.25) is 0 Å². The van der Waals surface area contributed by atoms with Crippen molar-refractivity contribution < 1.29 is 19.1 Å². The van der Waals surface area contributed by atoms with Crippen molar-refractivity contribution in [3.8, 4) is 5.75 Å². The number of para-hydroxylation sites is 1. The number of carbonyl (C=O) groups excluding carboxylic acids is 2. The highest BCUT2D eigenvalue weighted by Crippen LogP contribution is 2.55. The zero-order valence-electron chi connectivity index (χ0n) is 19.5. The summed E-state index contributed by atoms with van der Waals surface area (Å²) in [4.78, 5) is 31.9. The van der Waals surface area contributed by atoms with Crippen molar-refractivity contribution in [3.05, 3.63) is 95.2 Å². The van der Waals surface area contributed by atoms with Crippen LogP contribution in [0.1, 0.15) is 38.4 Å². The van der Waals surface area contributed by atoms with Crippen molar-refractivity contribution in [3.63, 3.8) is 0 Å². The molecule has 2 aliphatic heterocycles. The molecule has 1 aromatic heterocycles. The zero-order valence-corrected chi connectivity index (χ0v) is 19.5. The topological polar surface area (TPSA) is 83.7 Å². The molecular weight excluding hydrogens is 442 g/mol. The lowest BCUT2D eigenvalue weighted by Gasteiger charge is -2.33. The van der Waals surface area contributed by atoms with E-state index in [4.69, 9.17) is 9.47 Å². The van der Waals surface area contributed by atoms with Crippen LogP contribution < -0.4 is 10.1 Å². The number of rotatable bonds is 4. The number of nitrogens with zero attached hydrogens (tertiary/aromatic N) is 1. The summed E-state index contributed by atoms with van der Waals surface area (Å²) in [6.45, 7) is 0.539. The Kier molecular flexibility index (Phi) is 4.81. The van der Waals surface area contributed by atoms with E-state index >= 15 is 0 Å². The van der Waals surface area contributed by atoms with Crippen molar-refractivity contribution in [1.29, 1.82) is 0 Å².